The van der Waals surface area contributed by atoms with E-state index in [2.05, 4.69) is 6.92 Å². The first-order valence-corrected chi connectivity index (χ1v) is 7.30. The fourth-order valence-corrected chi connectivity index (χ4v) is 1.56. The van der Waals surface area contributed by atoms with Crippen LogP contribution in [0.2, 0.25) is 0 Å². The van der Waals surface area contributed by atoms with Gasteiger partial charge in [0, 0.05) is 13.2 Å². The fraction of sp³-hybridized carbons (Fsp3) is 1.00. The van der Waals surface area contributed by atoms with Gasteiger partial charge in [-0.15, -0.1) is 0 Å². The molecule has 2 atom stereocenters. The van der Waals surface area contributed by atoms with Gasteiger partial charge >= 0.3 is 0 Å². The third-order valence-corrected chi connectivity index (χ3v) is 2.68. The van der Waals surface area contributed by atoms with Crippen molar-refractivity contribution in [3.05, 3.63) is 0 Å². The molecule has 5 heteroatoms. The molecule has 0 radical (unpaired) electrons. The van der Waals surface area contributed by atoms with Crippen molar-refractivity contribution in [2.45, 2.75) is 51.7 Å². The van der Waals surface area contributed by atoms with E-state index < -0.39 is 6.10 Å². The van der Waals surface area contributed by atoms with E-state index >= 15 is 0 Å². The zero-order valence-corrected chi connectivity index (χ0v) is 12.3. The molecule has 0 aliphatic rings. The lowest BCUT2D eigenvalue weighted by molar-refractivity contribution is -0.0756. The van der Waals surface area contributed by atoms with Crippen LogP contribution >= 0.6 is 0 Å². The summed E-state index contributed by atoms with van der Waals surface area (Å²) in [4.78, 5) is 0. The summed E-state index contributed by atoms with van der Waals surface area (Å²) in [5.74, 6) is 0. The largest absolute Gasteiger partial charge is 0.394 e. The molecule has 2 N–H and O–H groups in total. The van der Waals surface area contributed by atoms with Gasteiger partial charge in [0.05, 0.1) is 26.4 Å². The van der Waals surface area contributed by atoms with Gasteiger partial charge in [-0.25, -0.2) is 0 Å². The molecule has 19 heavy (non-hydrogen) atoms. The van der Waals surface area contributed by atoms with E-state index in [-0.39, 0.29) is 19.3 Å². The first kappa shape index (κ1) is 18.8. The maximum absolute atomic E-state index is 9.17. The van der Waals surface area contributed by atoms with Gasteiger partial charge in [-0.2, -0.15) is 0 Å². The van der Waals surface area contributed by atoms with Gasteiger partial charge < -0.3 is 24.4 Å². The summed E-state index contributed by atoms with van der Waals surface area (Å²) < 4.78 is 16.4. The smallest absolute Gasteiger partial charge is 0.104 e. The van der Waals surface area contributed by atoms with Crippen molar-refractivity contribution >= 4 is 0 Å². The van der Waals surface area contributed by atoms with Crippen LogP contribution in [0.25, 0.3) is 0 Å². The quantitative estimate of drug-likeness (QED) is 0.470. The monoisotopic (exact) mass is 278 g/mol. The normalized spacial score (nSPS) is 14.5. The predicted octanol–water partition coefficient (Wildman–Crippen LogP) is 1.36. The van der Waals surface area contributed by atoms with Crippen molar-refractivity contribution in [2.75, 3.05) is 39.6 Å². The molecule has 5 nitrogen and oxygen atoms in total. The summed E-state index contributed by atoms with van der Waals surface area (Å²) in [6.45, 7) is 6.20. The summed E-state index contributed by atoms with van der Waals surface area (Å²) in [6.07, 6.45) is 3.76. The Morgan fingerprint density at radius 2 is 1.68 bits per heavy atom. The molecule has 0 aromatic rings. The van der Waals surface area contributed by atoms with Gasteiger partial charge in [0.15, 0.2) is 0 Å². The predicted molar refractivity (Wildman–Crippen MR) is 74.3 cm³/mol. The van der Waals surface area contributed by atoms with Crippen molar-refractivity contribution in [1.82, 2.24) is 0 Å². The molecule has 0 aromatic heterocycles. The van der Waals surface area contributed by atoms with E-state index in [1.807, 2.05) is 6.92 Å². The molecule has 0 rings (SSSR count). The maximum atomic E-state index is 9.17. The zero-order chi connectivity index (χ0) is 14.3. The van der Waals surface area contributed by atoms with Crippen LogP contribution in [0.3, 0.4) is 0 Å². The van der Waals surface area contributed by atoms with Gasteiger partial charge in [0.1, 0.15) is 12.2 Å². The second-order valence-corrected chi connectivity index (χ2v) is 4.59. The number of hydrogen-bond acceptors (Lipinski definition) is 5. The third-order valence-electron chi connectivity index (χ3n) is 2.68. The molecule has 0 saturated heterocycles. The van der Waals surface area contributed by atoms with Gasteiger partial charge in [0.25, 0.3) is 0 Å². The average Bonchev–Trinajstić information content (AvgIpc) is 2.43. The second-order valence-electron chi connectivity index (χ2n) is 4.59. The molecular formula is C14H30O5. The molecule has 0 spiro atoms. The highest BCUT2D eigenvalue weighted by atomic mass is 16.6. The molecule has 0 fully saturated rings. The van der Waals surface area contributed by atoms with E-state index in [1.165, 1.54) is 19.3 Å². The minimum atomic E-state index is -0.822. The highest BCUT2D eigenvalue weighted by Gasteiger charge is 2.11. The first-order valence-electron chi connectivity index (χ1n) is 7.30. The van der Waals surface area contributed by atoms with Gasteiger partial charge in [-0.1, -0.05) is 26.2 Å². The van der Waals surface area contributed by atoms with Crippen LogP contribution in [-0.4, -0.2) is 62.1 Å². The Hall–Kier alpha value is -0.200. The minimum Gasteiger partial charge on any atom is -0.394 e. The number of aliphatic hydroxyl groups excluding tert-OH is 2. The van der Waals surface area contributed by atoms with Crippen LogP contribution in [0.4, 0.5) is 0 Å². The zero-order valence-electron chi connectivity index (χ0n) is 12.3. The number of unbranched alkanes of at least 4 members (excludes halogenated alkanes) is 3. The van der Waals surface area contributed by atoms with Crippen molar-refractivity contribution in [3.63, 3.8) is 0 Å². The molecule has 0 aliphatic carbocycles. The Morgan fingerprint density at radius 1 is 0.947 bits per heavy atom. The molecule has 0 heterocycles. The molecule has 0 amide bonds. The van der Waals surface area contributed by atoms with Gasteiger partial charge in [0.2, 0.25) is 0 Å². The highest BCUT2D eigenvalue weighted by molar-refractivity contribution is 4.57. The highest BCUT2D eigenvalue weighted by Crippen LogP contribution is 2.02. The molecule has 2 unspecified atom stereocenters. The molecule has 0 aromatic carbocycles. The number of aliphatic hydroxyl groups is 2. The molecule has 0 bridgehead atoms. The van der Waals surface area contributed by atoms with Crippen LogP contribution < -0.4 is 0 Å². The second kappa shape index (κ2) is 14.2. The Morgan fingerprint density at radius 3 is 2.32 bits per heavy atom. The fourth-order valence-electron chi connectivity index (χ4n) is 1.56. The number of ether oxygens (including phenoxy) is 3. The first-order chi connectivity index (χ1) is 9.24. The van der Waals surface area contributed by atoms with Crippen LogP contribution in [0.1, 0.15) is 39.5 Å². The Balaban J connectivity index is 3.68. The molecular weight excluding hydrogens is 248 g/mol. The summed E-state index contributed by atoms with van der Waals surface area (Å²) in [7, 11) is 0. The summed E-state index contributed by atoms with van der Waals surface area (Å²) in [5.41, 5.74) is 0. The van der Waals surface area contributed by atoms with E-state index in [0.717, 1.165) is 6.42 Å². The summed E-state index contributed by atoms with van der Waals surface area (Å²) >= 11 is 0. The van der Waals surface area contributed by atoms with Crippen LogP contribution in [0, 0.1) is 0 Å². The average molecular weight is 278 g/mol. The van der Waals surface area contributed by atoms with Gasteiger partial charge in [-0.05, 0) is 13.3 Å². The van der Waals surface area contributed by atoms with E-state index in [4.69, 9.17) is 19.3 Å². The van der Waals surface area contributed by atoms with E-state index in [1.54, 1.807) is 0 Å². The van der Waals surface area contributed by atoms with Crippen molar-refractivity contribution in [1.29, 1.82) is 0 Å². The maximum Gasteiger partial charge on any atom is 0.104 e. The number of hydrogen-bond donors (Lipinski definition) is 2. The molecule has 0 aliphatic heterocycles. The summed E-state index contributed by atoms with van der Waals surface area (Å²) in [6, 6.07) is 0. The SMILES string of the molecule is CCCCCCOC(COCC)COCC(O)CO. The van der Waals surface area contributed by atoms with Crippen LogP contribution in [-0.2, 0) is 14.2 Å². The van der Waals surface area contributed by atoms with E-state index in [9.17, 15) is 5.11 Å². The number of rotatable bonds is 14. The van der Waals surface area contributed by atoms with Gasteiger partial charge in [-0.3, -0.25) is 0 Å². The van der Waals surface area contributed by atoms with E-state index in [0.29, 0.717) is 26.4 Å². The van der Waals surface area contributed by atoms with Crippen LogP contribution in [0.5, 0.6) is 0 Å². The van der Waals surface area contributed by atoms with Crippen LogP contribution in [0.15, 0.2) is 0 Å². The minimum absolute atomic E-state index is 0.104. The molecule has 116 valence electrons. The Bertz CT molecular complexity index is 177. The van der Waals surface area contributed by atoms with Crippen molar-refractivity contribution < 1.29 is 24.4 Å². The Kier molecular flexibility index (Phi) is 14.1. The molecule has 0 saturated carbocycles. The van der Waals surface area contributed by atoms with Crippen molar-refractivity contribution in [3.8, 4) is 0 Å². The lowest BCUT2D eigenvalue weighted by atomic mass is 10.2. The topological polar surface area (TPSA) is 68.2 Å². The van der Waals surface area contributed by atoms with Crippen molar-refractivity contribution in [2.24, 2.45) is 0 Å². The lowest BCUT2D eigenvalue weighted by Gasteiger charge is -2.18. The standard InChI is InChI=1S/C14H30O5/c1-3-5-6-7-8-19-14(11-17-4-2)12-18-10-13(16)9-15/h13-16H,3-12H2,1-2H3. The third kappa shape index (κ3) is 12.6. The summed E-state index contributed by atoms with van der Waals surface area (Å²) in [5, 5.41) is 17.9. The lowest BCUT2D eigenvalue weighted by Crippen LogP contribution is -2.29. The Labute approximate surface area is 116 Å².